The van der Waals surface area contributed by atoms with Gasteiger partial charge in [-0.2, -0.15) is 14.6 Å². The van der Waals surface area contributed by atoms with Gasteiger partial charge >= 0.3 is 0 Å². The number of aryl methyl sites for hydroxylation is 1. The average molecular weight is 350 g/mol. The minimum absolute atomic E-state index is 0.0528. The van der Waals surface area contributed by atoms with E-state index >= 15 is 0 Å². The van der Waals surface area contributed by atoms with Gasteiger partial charge in [0.25, 0.3) is 5.78 Å². The Bertz CT molecular complexity index is 907. The quantitative estimate of drug-likeness (QED) is 0.780. The first-order chi connectivity index (χ1) is 12.8. The number of carbonyl (C=O) groups excluding carboxylic acids is 1. The van der Waals surface area contributed by atoms with E-state index in [4.69, 9.17) is 0 Å². The third-order valence-corrected chi connectivity index (χ3v) is 4.70. The number of hydrogen-bond acceptors (Lipinski definition) is 5. The molecular formula is C19H22N6O. The van der Waals surface area contributed by atoms with Crippen LogP contribution in [0.5, 0.6) is 0 Å². The Morgan fingerprint density at radius 2 is 2.12 bits per heavy atom. The van der Waals surface area contributed by atoms with Crippen LogP contribution in [-0.2, 0) is 11.2 Å². The molecule has 7 heteroatoms. The molecule has 0 saturated carbocycles. The highest BCUT2D eigenvalue weighted by Crippen LogP contribution is 2.31. The van der Waals surface area contributed by atoms with Crippen LogP contribution in [0.25, 0.3) is 5.78 Å². The number of carbonyl (C=O) groups is 1. The Morgan fingerprint density at radius 1 is 1.27 bits per heavy atom. The van der Waals surface area contributed by atoms with E-state index in [2.05, 4.69) is 50.4 Å². The van der Waals surface area contributed by atoms with Gasteiger partial charge in [0.15, 0.2) is 0 Å². The normalized spacial score (nSPS) is 18.0. The van der Waals surface area contributed by atoms with Gasteiger partial charge in [0.1, 0.15) is 12.1 Å². The molecule has 0 radical (unpaired) electrons. The van der Waals surface area contributed by atoms with Gasteiger partial charge in [-0.3, -0.25) is 4.79 Å². The number of anilines is 1. The Kier molecular flexibility index (Phi) is 4.51. The van der Waals surface area contributed by atoms with Gasteiger partial charge in [0, 0.05) is 24.8 Å². The van der Waals surface area contributed by atoms with Gasteiger partial charge in [0.2, 0.25) is 5.91 Å². The summed E-state index contributed by atoms with van der Waals surface area (Å²) in [6, 6.07) is 12.2. The highest BCUT2D eigenvalue weighted by Gasteiger charge is 2.28. The molecule has 3 heterocycles. The lowest BCUT2D eigenvalue weighted by atomic mass is 10.0. The molecular weight excluding hydrogens is 328 g/mol. The maximum absolute atomic E-state index is 12.2. The summed E-state index contributed by atoms with van der Waals surface area (Å²) in [7, 11) is 0. The predicted molar refractivity (Wildman–Crippen MR) is 98.9 cm³/mol. The van der Waals surface area contributed by atoms with Crippen LogP contribution in [0.1, 0.15) is 37.1 Å². The second-order valence-corrected chi connectivity index (χ2v) is 6.50. The number of nitrogens with one attached hydrogen (secondary N) is 1. The largest absolute Gasteiger partial charge is 0.354 e. The molecule has 1 saturated heterocycles. The molecule has 7 nitrogen and oxygen atoms in total. The van der Waals surface area contributed by atoms with Gasteiger partial charge in [-0.15, -0.1) is 0 Å². The van der Waals surface area contributed by atoms with Crippen LogP contribution in [0.15, 0.2) is 42.7 Å². The highest BCUT2D eigenvalue weighted by molar-refractivity contribution is 5.78. The summed E-state index contributed by atoms with van der Waals surface area (Å²) in [4.78, 5) is 23.4. The summed E-state index contributed by atoms with van der Waals surface area (Å²) in [5, 5.41) is 7.35. The summed E-state index contributed by atoms with van der Waals surface area (Å²) in [6.45, 7) is 3.44. The predicted octanol–water partition coefficient (Wildman–Crippen LogP) is 2.14. The molecule has 0 bridgehead atoms. The number of amides is 1. The second kappa shape index (κ2) is 7.11. The zero-order valence-electron chi connectivity index (χ0n) is 14.8. The van der Waals surface area contributed by atoms with E-state index in [0.717, 1.165) is 29.9 Å². The first kappa shape index (κ1) is 16.5. The Morgan fingerprint density at radius 3 is 2.92 bits per heavy atom. The standard InChI is InChI=1S/C19H22N6O/c1-2-6-15-11-18(25-19(23-15)21-13-22-25)24-10-9-20-17(26)12-16(24)14-7-4-3-5-8-14/h3-5,7-8,11,13,16H,2,6,9-10,12H2,1H3,(H,20,26)/t16-/m1/s1. The molecule has 1 fully saturated rings. The third-order valence-electron chi connectivity index (χ3n) is 4.70. The van der Waals surface area contributed by atoms with Crippen molar-refractivity contribution in [2.24, 2.45) is 0 Å². The third kappa shape index (κ3) is 3.12. The van der Waals surface area contributed by atoms with Gasteiger partial charge in [-0.05, 0) is 12.0 Å². The van der Waals surface area contributed by atoms with Crippen molar-refractivity contribution in [1.29, 1.82) is 0 Å². The molecule has 1 amide bonds. The van der Waals surface area contributed by atoms with Gasteiger partial charge in [-0.25, -0.2) is 4.98 Å². The minimum atomic E-state index is -0.0528. The van der Waals surface area contributed by atoms with Crippen LogP contribution in [0.2, 0.25) is 0 Å². The van der Waals surface area contributed by atoms with E-state index in [1.807, 2.05) is 18.2 Å². The lowest BCUT2D eigenvalue weighted by Crippen LogP contribution is -2.32. The lowest BCUT2D eigenvalue weighted by molar-refractivity contribution is -0.121. The van der Waals surface area contributed by atoms with E-state index in [9.17, 15) is 4.79 Å². The van der Waals surface area contributed by atoms with E-state index in [0.29, 0.717) is 25.3 Å². The first-order valence-corrected chi connectivity index (χ1v) is 9.04. The van der Waals surface area contributed by atoms with Crippen LogP contribution < -0.4 is 10.2 Å². The van der Waals surface area contributed by atoms with E-state index in [-0.39, 0.29) is 11.9 Å². The lowest BCUT2D eigenvalue weighted by Gasteiger charge is -2.31. The Labute approximate surface area is 152 Å². The maximum atomic E-state index is 12.2. The SMILES string of the molecule is CCCc1cc(N2CCNC(=O)C[C@@H]2c2ccccc2)n2ncnc2n1. The molecule has 134 valence electrons. The van der Waals surface area contributed by atoms with Crippen LogP contribution in [0.4, 0.5) is 5.82 Å². The fraction of sp³-hybridized carbons (Fsp3) is 0.368. The Hall–Kier alpha value is -2.96. The monoisotopic (exact) mass is 350 g/mol. The van der Waals surface area contributed by atoms with Crippen molar-refractivity contribution in [2.45, 2.75) is 32.2 Å². The number of aromatic nitrogens is 4. The summed E-state index contributed by atoms with van der Waals surface area (Å²) in [5.74, 6) is 1.60. The van der Waals surface area contributed by atoms with Crippen LogP contribution in [0.3, 0.4) is 0 Å². The average Bonchev–Trinajstić information content (AvgIpc) is 3.04. The summed E-state index contributed by atoms with van der Waals surface area (Å²) in [6.07, 6.45) is 3.84. The molecule has 4 rings (SSSR count). The smallest absolute Gasteiger partial charge is 0.254 e. The van der Waals surface area contributed by atoms with Crippen molar-refractivity contribution in [1.82, 2.24) is 24.9 Å². The van der Waals surface area contributed by atoms with Gasteiger partial charge < -0.3 is 10.2 Å². The fourth-order valence-electron chi connectivity index (χ4n) is 3.51. The van der Waals surface area contributed by atoms with Crippen molar-refractivity contribution in [2.75, 3.05) is 18.0 Å². The van der Waals surface area contributed by atoms with Crippen molar-refractivity contribution >= 4 is 17.5 Å². The van der Waals surface area contributed by atoms with Gasteiger partial charge in [-0.1, -0.05) is 43.7 Å². The van der Waals surface area contributed by atoms with E-state index in [1.54, 1.807) is 4.52 Å². The first-order valence-electron chi connectivity index (χ1n) is 9.04. The molecule has 1 N–H and O–H groups in total. The van der Waals surface area contributed by atoms with Crippen LogP contribution in [-0.4, -0.2) is 38.6 Å². The summed E-state index contributed by atoms with van der Waals surface area (Å²) >= 11 is 0. The number of hydrogen-bond donors (Lipinski definition) is 1. The molecule has 1 atom stereocenters. The van der Waals surface area contributed by atoms with Crippen molar-refractivity contribution in [3.63, 3.8) is 0 Å². The molecule has 1 aromatic carbocycles. The van der Waals surface area contributed by atoms with E-state index < -0.39 is 0 Å². The summed E-state index contributed by atoms with van der Waals surface area (Å²) < 4.78 is 1.77. The van der Waals surface area contributed by atoms with Gasteiger partial charge in [0.05, 0.1) is 12.5 Å². The molecule has 1 aliphatic rings. The molecule has 0 spiro atoms. The van der Waals surface area contributed by atoms with Crippen molar-refractivity contribution in [3.8, 4) is 0 Å². The number of nitrogens with zero attached hydrogens (tertiary/aromatic N) is 5. The fourth-order valence-corrected chi connectivity index (χ4v) is 3.51. The molecule has 1 aliphatic heterocycles. The van der Waals surface area contributed by atoms with Crippen LogP contribution >= 0.6 is 0 Å². The van der Waals surface area contributed by atoms with Crippen LogP contribution in [0, 0.1) is 0 Å². The van der Waals surface area contributed by atoms with Crippen molar-refractivity contribution < 1.29 is 4.79 Å². The summed E-state index contributed by atoms with van der Waals surface area (Å²) in [5.41, 5.74) is 2.12. The highest BCUT2D eigenvalue weighted by atomic mass is 16.1. The topological polar surface area (TPSA) is 75.4 Å². The second-order valence-electron chi connectivity index (χ2n) is 6.50. The number of benzene rings is 1. The molecule has 3 aromatic rings. The molecule has 2 aromatic heterocycles. The Balaban J connectivity index is 1.84. The number of fused-ring (bicyclic) bond motifs is 1. The van der Waals surface area contributed by atoms with Crippen molar-refractivity contribution in [3.05, 3.63) is 54.0 Å². The van der Waals surface area contributed by atoms with E-state index in [1.165, 1.54) is 6.33 Å². The zero-order valence-corrected chi connectivity index (χ0v) is 14.8. The molecule has 0 aliphatic carbocycles. The molecule has 26 heavy (non-hydrogen) atoms. The maximum Gasteiger partial charge on any atom is 0.254 e. The zero-order chi connectivity index (χ0) is 17.9. The number of rotatable bonds is 4. The molecule has 0 unspecified atom stereocenters. The minimum Gasteiger partial charge on any atom is -0.354 e.